The highest BCUT2D eigenvalue weighted by Gasteiger charge is 2.33. The Hall–Kier alpha value is -2.44. The standard InChI is InChI=1S/C16H12F4N2O/c17-12-4-2-5-13-11(12)7-8-22(13)15(23)9-10-3-1-6-14(21-10)16(18,19)20/h1-6H,7-9H2. The number of alkyl halides is 3. The van der Waals surface area contributed by atoms with E-state index in [2.05, 4.69) is 4.98 Å². The number of fused-ring (bicyclic) bond motifs is 1. The molecule has 0 radical (unpaired) electrons. The molecule has 1 aromatic carbocycles. The van der Waals surface area contributed by atoms with Crippen LogP contribution in [0, 0.1) is 5.82 Å². The SMILES string of the molecule is O=C(Cc1cccc(C(F)(F)F)n1)N1CCc2c(F)cccc21. The Morgan fingerprint density at radius 1 is 1.17 bits per heavy atom. The molecule has 0 aliphatic carbocycles. The van der Waals surface area contributed by atoms with E-state index in [9.17, 15) is 22.4 Å². The second-order valence-electron chi connectivity index (χ2n) is 5.22. The first-order valence-corrected chi connectivity index (χ1v) is 6.97. The Bertz CT molecular complexity index is 758. The second kappa shape index (κ2) is 5.64. The summed E-state index contributed by atoms with van der Waals surface area (Å²) >= 11 is 0. The number of benzene rings is 1. The van der Waals surface area contributed by atoms with Crippen LogP contribution >= 0.6 is 0 Å². The lowest BCUT2D eigenvalue weighted by molar-refractivity contribution is -0.141. The number of aromatic nitrogens is 1. The van der Waals surface area contributed by atoms with Gasteiger partial charge in [-0.1, -0.05) is 12.1 Å². The van der Waals surface area contributed by atoms with Crippen LogP contribution in [0.25, 0.3) is 0 Å². The van der Waals surface area contributed by atoms with Gasteiger partial charge in [0.2, 0.25) is 5.91 Å². The molecule has 0 N–H and O–H groups in total. The van der Waals surface area contributed by atoms with Crippen LogP contribution in [0.1, 0.15) is 17.0 Å². The maximum absolute atomic E-state index is 13.7. The quantitative estimate of drug-likeness (QED) is 0.794. The molecule has 1 aromatic heterocycles. The van der Waals surface area contributed by atoms with Gasteiger partial charge >= 0.3 is 6.18 Å². The maximum Gasteiger partial charge on any atom is 0.433 e. The molecule has 0 saturated carbocycles. The third-order valence-corrected chi connectivity index (χ3v) is 3.70. The number of nitrogens with zero attached hydrogens (tertiary/aromatic N) is 2. The van der Waals surface area contributed by atoms with E-state index in [0.29, 0.717) is 24.2 Å². The molecule has 0 spiro atoms. The Morgan fingerprint density at radius 2 is 1.91 bits per heavy atom. The van der Waals surface area contributed by atoms with Gasteiger partial charge in [0.15, 0.2) is 0 Å². The minimum Gasteiger partial charge on any atom is -0.311 e. The zero-order valence-corrected chi connectivity index (χ0v) is 11.9. The van der Waals surface area contributed by atoms with Crippen molar-refractivity contribution in [1.82, 2.24) is 4.98 Å². The van der Waals surface area contributed by atoms with Gasteiger partial charge in [-0.2, -0.15) is 13.2 Å². The van der Waals surface area contributed by atoms with E-state index in [-0.39, 0.29) is 17.9 Å². The Balaban J connectivity index is 1.81. The van der Waals surface area contributed by atoms with Crippen molar-refractivity contribution in [2.75, 3.05) is 11.4 Å². The van der Waals surface area contributed by atoms with Gasteiger partial charge in [-0.25, -0.2) is 9.37 Å². The smallest absolute Gasteiger partial charge is 0.311 e. The predicted molar refractivity (Wildman–Crippen MR) is 75.4 cm³/mol. The number of halogens is 4. The van der Waals surface area contributed by atoms with Gasteiger partial charge in [-0.05, 0) is 30.7 Å². The molecule has 3 nitrogen and oxygen atoms in total. The average Bonchev–Trinajstić information content (AvgIpc) is 2.92. The summed E-state index contributed by atoms with van der Waals surface area (Å²) < 4.78 is 51.6. The van der Waals surface area contributed by atoms with Crippen molar-refractivity contribution in [2.24, 2.45) is 0 Å². The van der Waals surface area contributed by atoms with Crippen molar-refractivity contribution in [2.45, 2.75) is 19.0 Å². The fourth-order valence-electron chi connectivity index (χ4n) is 2.64. The molecule has 2 aromatic rings. The molecule has 2 heterocycles. The van der Waals surface area contributed by atoms with Crippen LogP contribution in [0.3, 0.4) is 0 Å². The number of anilines is 1. The predicted octanol–water partition coefficient (Wildman–Crippen LogP) is 3.37. The van der Waals surface area contributed by atoms with Crippen LogP contribution in [0.15, 0.2) is 36.4 Å². The van der Waals surface area contributed by atoms with Crippen LogP contribution < -0.4 is 4.90 Å². The highest BCUT2D eigenvalue weighted by atomic mass is 19.4. The molecule has 0 unspecified atom stereocenters. The monoisotopic (exact) mass is 324 g/mol. The topological polar surface area (TPSA) is 33.2 Å². The summed E-state index contributed by atoms with van der Waals surface area (Å²) in [6.45, 7) is 0.314. The van der Waals surface area contributed by atoms with Gasteiger partial charge in [0.1, 0.15) is 11.5 Å². The van der Waals surface area contributed by atoms with Gasteiger partial charge < -0.3 is 4.90 Å². The lowest BCUT2D eigenvalue weighted by atomic mass is 10.1. The molecule has 3 rings (SSSR count). The molecule has 23 heavy (non-hydrogen) atoms. The van der Waals surface area contributed by atoms with Crippen LogP contribution in [0.4, 0.5) is 23.2 Å². The first-order chi connectivity index (χ1) is 10.9. The number of carbonyl (C=O) groups excluding carboxylic acids is 1. The molecule has 1 aliphatic rings. The van der Waals surface area contributed by atoms with E-state index in [4.69, 9.17) is 0 Å². The third kappa shape index (κ3) is 3.04. The largest absolute Gasteiger partial charge is 0.433 e. The summed E-state index contributed by atoms with van der Waals surface area (Å²) in [4.78, 5) is 17.2. The lowest BCUT2D eigenvalue weighted by Crippen LogP contribution is -2.30. The Morgan fingerprint density at radius 3 is 2.65 bits per heavy atom. The van der Waals surface area contributed by atoms with Crippen LogP contribution in [-0.4, -0.2) is 17.4 Å². The summed E-state index contributed by atoms with van der Waals surface area (Å²) in [6, 6.07) is 7.90. The number of carbonyl (C=O) groups is 1. The fourth-order valence-corrected chi connectivity index (χ4v) is 2.64. The van der Waals surface area contributed by atoms with Gasteiger partial charge in [-0.15, -0.1) is 0 Å². The molecule has 120 valence electrons. The van der Waals surface area contributed by atoms with E-state index in [1.54, 1.807) is 6.07 Å². The van der Waals surface area contributed by atoms with Gasteiger partial charge in [-0.3, -0.25) is 4.79 Å². The van der Waals surface area contributed by atoms with Crippen molar-refractivity contribution in [3.8, 4) is 0 Å². The van der Waals surface area contributed by atoms with Crippen LogP contribution in [-0.2, 0) is 23.8 Å². The zero-order valence-electron chi connectivity index (χ0n) is 11.9. The molecular weight excluding hydrogens is 312 g/mol. The molecule has 0 bridgehead atoms. The van der Waals surface area contributed by atoms with Crippen molar-refractivity contribution in [1.29, 1.82) is 0 Å². The average molecular weight is 324 g/mol. The summed E-state index contributed by atoms with van der Waals surface area (Å²) in [5.74, 6) is -0.781. The highest BCUT2D eigenvalue weighted by Crippen LogP contribution is 2.31. The van der Waals surface area contributed by atoms with E-state index in [0.717, 1.165) is 6.07 Å². The summed E-state index contributed by atoms with van der Waals surface area (Å²) in [5, 5.41) is 0. The number of pyridine rings is 1. The molecule has 1 amide bonds. The minimum absolute atomic E-state index is 0.0367. The first-order valence-electron chi connectivity index (χ1n) is 6.97. The van der Waals surface area contributed by atoms with Crippen molar-refractivity contribution < 1.29 is 22.4 Å². The molecule has 0 fully saturated rings. The minimum atomic E-state index is -4.55. The van der Waals surface area contributed by atoms with Crippen LogP contribution in [0.2, 0.25) is 0 Å². The van der Waals surface area contributed by atoms with E-state index >= 15 is 0 Å². The third-order valence-electron chi connectivity index (χ3n) is 3.70. The molecule has 0 atom stereocenters. The fraction of sp³-hybridized carbons (Fsp3) is 0.250. The van der Waals surface area contributed by atoms with E-state index in [1.807, 2.05) is 0 Å². The summed E-state index contributed by atoms with van der Waals surface area (Å²) in [5.41, 5.74) is -0.0647. The first kappa shape index (κ1) is 15.5. The number of hydrogen-bond donors (Lipinski definition) is 0. The normalized spacial score (nSPS) is 14.0. The molecule has 0 saturated heterocycles. The number of hydrogen-bond acceptors (Lipinski definition) is 2. The highest BCUT2D eigenvalue weighted by molar-refractivity contribution is 5.96. The molecule has 1 aliphatic heterocycles. The van der Waals surface area contributed by atoms with Gasteiger partial charge in [0, 0.05) is 17.8 Å². The van der Waals surface area contributed by atoms with Crippen LogP contribution in [0.5, 0.6) is 0 Å². The molecular formula is C16H12F4N2O. The maximum atomic E-state index is 13.7. The van der Waals surface area contributed by atoms with Crippen molar-refractivity contribution >= 4 is 11.6 Å². The number of rotatable bonds is 2. The Kier molecular flexibility index (Phi) is 3.79. The summed E-state index contributed by atoms with van der Waals surface area (Å²) in [6.07, 6.45) is -4.42. The Labute approximate surface area is 129 Å². The second-order valence-corrected chi connectivity index (χ2v) is 5.22. The van der Waals surface area contributed by atoms with E-state index < -0.39 is 17.8 Å². The van der Waals surface area contributed by atoms with Gasteiger partial charge in [0.25, 0.3) is 0 Å². The lowest BCUT2D eigenvalue weighted by Gasteiger charge is -2.17. The van der Waals surface area contributed by atoms with E-state index in [1.165, 1.54) is 29.2 Å². The zero-order chi connectivity index (χ0) is 16.6. The van der Waals surface area contributed by atoms with Gasteiger partial charge in [0.05, 0.1) is 12.1 Å². The summed E-state index contributed by atoms with van der Waals surface area (Å²) in [7, 11) is 0. The number of amides is 1. The van der Waals surface area contributed by atoms with Crippen molar-refractivity contribution in [3.63, 3.8) is 0 Å². The molecule has 7 heteroatoms. The van der Waals surface area contributed by atoms with Crippen molar-refractivity contribution in [3.05, 3.63) is 59.2 Å².